The lowest BCUT2D eigenvalue weighted by atomic mass is 10.1. The highest BCUT2D eigenvalue weighted by atomic mass is 19.1. The van der Waals surface area contributed by atoms with Crippen LogP contribution in [0.3, 0.4) is 0 Å². The molecule has 0 saturated heterocycles. The smallest absolute Gasteiger partial charge is 0.220 e. The molecule has 2 rings (SSSR count). The quantitative estimate of drug-likeness (QED) is 0.766. The highest BCUT2D eigenvalue weighted by molar-refractivity contribution is 5.70. The van der Waals surface area contributed by atoms with Gasteiger partial charge in [-0.3, -0.25) is 0 Å². The number of aromatic nitrogens is 1. The molecule has 0 atom stereocenters. The lowest BCUT2D eigenvalue weighted by molar-refractivity contribution is 0.581. The third-order valence-electron chi connectivity index (χ3n) is 2.65. The van der Waals surface area contributed by atoms with Gasteiger partial charge in [0, 0.05) is 31.5 Å². The molecular weight excluding hydrogens is 227 g/mol. The summed E-state index contributed by atoms with van der Waals surface area (Å²) in [6, 6.07) is 11.5. The number of hydrogen-bond donors (Lipinski definition) is 0. The zero-order chi connectivity index (χ0) is 13.0. The largest absolute Gasteiger partial charge is 0.378 e. The van der Waals surface area contributed by atoms with E-state index in [1.165, 1.54) is 6.20 Å². The van der Waals surface area contributed by atoms with Crippen LogP contribution in [0.25, 0.3) is 12.2 Å². The van der Waals surface area contributed by atoms with Gasteiger partial charge in [-0.1, -0.05) is 18.2 Å². The van der Waals surface area contributed by atoms with Crippen LogP contribution in [0.1, 0.15) is 11.1 Å². The Labute approximate surface area is 106 Å². The van der Waals surface area contributed by atoms with Crippen molar-refractivity contribution >= 4 is 17.8 Å². The molecule has 1 aromatic carbocycles. The van der Waals surface area contributed by atoms with E-state index < -0.39 is 5.95 Å². The fourth-order valence-electron chi connectivity index (χ4n) is 1.59. The monoisotopic (exact) mass is 242 g/mol. The first-order chi connectivity index (χ1) is 8.66. The van der Waals surface area contributed by atoms with Gasteiger partial charge < -0.3 is 4.90 Å². The van der Waals surface area contributed by atoms with Crippen molar-refractivity contribution < 1.29 is 4.39 Å². The van der Waals surface area contributed by atoms with Gasteiger partial charge >= 0.3 is 0 Å². The van der Waals surface area contributed by atoms with E-state index in [9.17, 15) is 4.39 Å². The van der Waals surface area contributed by atoms with Crippen LogP contribution >= 0.6 is 0 Å². The van der Waals surface area contributed by atoms with E-state index in [2.05, 4.69) is 4.98 Å². The normalized spacial score (nSPS) is 10.8. The molecule has 0 bridgehead atoms. The molecule has 0 saturated carbocycles. The van der Waals surface area contributed by atoms with Crippen LogP contribution in [0.5, 0.6) is 0 Å². The summed E-state index contributed by atoms with van der Waals surface area (Å²) >= 11 is 0. The minimum absolute atomic E-state index is 0.446. The molecule has 1 aromatic heterocycles. The predicted molar refractivity (Wildman–Crippen MR) is 73.9 cm³/mol. The molecule has 0 fully saturated rings. The average Bonchev–Trinajstić information content (AvgIpc) is 2.38. The molecular formula is C15H15FN2. The summed E-state index contributed by atoms with van der Waals surface area (Å²) in [6.45, 7) is 0. The van der Waals surface area contributed by atoms with Gasteiger partial charge in [0.1, 0.15) is 0 Å². The van der Waals surface area contributed by atoms with E-state index in [1.54, 1.807) is 18.2 Å². The van der Waals surface area contributed by atoms with Gasteiger partial charge in [-0.15, -0.1) is 0 Å². The lowest BCUT2D eigenvalue weighted by Crippen LogP contribution is -2.07. The Morgan fingerprint density at radius 1 is 1.06 bits per heavy atom. The Hall–Kier alpha value is -2.16. The highest BCUT2D eigenvalue weighted by Crippen LogP contribution is 2.15. The second-order valence-electron chi connectivity index (χ2n) is 4.20. The third-order valence-corrected chi connectivity index (χ3v) is 2.65. The Bertz CT molecular complexity index is 545. The fourth-order valence-corrected chi connectivity index (χ4v) is 1.59. The highest BCUT2D eigenvalue weighted by Gasteiger charge is 1.97. The molecule has 0 aliphatic rings. The second kappa shape index (κ2) is 5.45. The van der Waals surface area contributed by atoms with E-state index in [0.29, 0.717) is 5.56 Å². The third kappa shape index (κ3) is 2.94. The topological polar surface area (TPSA) is 16.1 Å². The number of pyridine rings is 1. The second-order valence-corrected chi connectivity index (χ2v) is 4.20. The summed E-state index contributed by atoms with van der Waals surface area (Å²) in [5, 5.41) is 0. The zero-order valence-electron chi connectivity index (χ0n) is 10.5. The number of hydrogen-bond acceptors (Lipinski definition) is 2. The number of rotatable bonds is 3. The van der Waals surface area contributed by atoms with Crippen molar-refractivity contribution in [3.63, 3.8) is 0 Å². The first-order valence-electron chi connectivity index (χ1n) is 5.73. The standard InChI is InChI=1S/C15H15FN2/c1-18(2)14-9-6-12(7-10-14)5-8-13-4-3-11-17-15(13)16/h3-11H,1-2H3/b8-5+. The van der Waals surface area contributed by atoms with E-state index in [4.69, 9.17) is 0 Å². The van der Waals surface area contributed by atoms with Crippen LogP contribution in [0.4, 0.5) is 10.1 Å². The van der Waals surface area contributed by atoms with Crippen molar-refractivity contribution in [3.05, 3.63) is 59.7 Å². The van der Waals surface area contributed by atoms with Gasteiger partial charge in [0.05, 0.1) is 0 Å². The summed E-state index contributed by atoms with van der Waals surface area (Å²) in [5.74, 6) is -0.446. The summed E-state index contributed by atoms with van der Waals surface area (Å²) in [6.07, 6.45) is 5.05. The van der Waals surface area contributed by atoms with Crippen molar-refractivity contribution in [1.29, 1.82) is 0 Å². The summed E-state index contributed by atoms with van der Waals surface area (Å²) in [4.78, 5) is 5.64. The first-order valence-corrected chi connectivity index (χ1v) is 5.73. The van der Waals surface area contributed by atoms with E-state index >= 15 is 0 Å². The van der Waals surface area contributed by atoms with Crippen LogP contribution < -0.4 is 4.90 Å². The molecule has 18 heavy (non-hydrogen) atoms. The number of anilines is 1. The van der Waals surface area contributed by atoms with E-state index in [1.807, 2.05) is 49.3 Å². The van der Waals surface area contributed by atoms with Crippen LogP contribution in [-0.2, 0) is 0 Å². The Balaban J connectivity index is 2.17. The number of halogens is 1. The van der Waals surface area contributed by atoms with Crippen molar-refractivity contribution in [3.8, 4) is 0 Å². The van der Waals surface area contributed by atoms with Crippen molar-refractivity contribution in [2.24, 2.45) is 0 Å². The van der Waals surface area contributed by atoms with Crippen molar-refractivity contribution in [1.82, 2.24) is 4.98 Å². The maximum absolute atomic E-state index is 13.3. The molecule has 1 heterocycles. The maximum Gasteiger partial charge on any atom is 0.220 e. The van der Waals surface area contributed by atoms with Crippen molar-refractivity contribution in [2.45, 2.75) is 0 Å². The van der Waals surface area contributed by atoms with Gasteiger partial charge in [0.15, 0.2) is 0 Å². The Morgan fingerprint density at radius 3 is 2.39 bits per heavy atom. The van der Waals surface area contributed by atoms with Gasteiger partial charge in [-0.25, -0.2) is 4.98 Å². The molecule has 0 aliphatic heterocycles. The lowest BCUT2D eigenvalue weighted by Gasteiger charge is -2.11. The number of benzene rings is 1. The maximum atomic E-state index is 13.3. The summed E-state index contributed by atoms with van der Waals surface area (Å²) in [5.41, 5.74) is 2.66. The van der Waals surface area contributed by atoms with Crippen LogP contribution in [0.2, 0.25) is 0 Å². The molecule has 0 radical (unpaired) electrons. The summed E-state index contributed by atoms with van der Waals surface area (Å²) in [7, 11) is 3.99. The number of nitrogens with zero attached hydrogens (tertiary/aromatic N) is 2. The van der Waals surface area contributed by atoms with E-state index in [-0.39, 0.29) is 0 Å². The zero-order valence-corrected chi connectivity index (χ0v) is 10.5. The minimum Gasteiger partial charge on any atom is -0.378 e. The Kier molecular flexibility index (Phi) is 3.72. The predicted octanol–water partition coefficient (Wildman–Crippen LogP) is 3.46. The van der Waals surface area contributed by atoms with E-state index in [0.717, 1.165) is 11.3 Å². The molecule has 2 aromatic rings. The molecule has 0 spiro atoms. The molecule has 2 nitrogen and oxygen atoms in total. The molecule has 0 unspecified atom stereocenters. The van der Waals surface area contributed by atoms with Gasteiger partial charge in [0.25, 0.3) is 0 Å². The van der Waals surface area contributed by atoms with Crippen LogP contribution in [0.15, 0.2) is 42.6 Å². The van der Waals surface area contributed by atoms with Gasteiger partial charge in [-0.05, 0) is 35.9 Å². The molecule has 92 valence electrons. The molecule has 0 aliphatic carbocycles. The van der Waals surface area contributed by atoms with Gasteiger partial charge in [-0.2, -0.15) is 4.39 Å². The summed E-state index contributed by atoms with van der Waals surface area (Å²) < 4.78 is 13.3. The Morgan fingerprint density at radius 2 is 1.78 bits per heavy atom. The molecule has 0 N–H and O–H groups in total. The van der Waals surface area contributed by atoms with Crippen molar-refractivity contribution in [2.75, 3.05) is 19.0 Å². The minimum atomic E-state index is -0.446. The van der Waals surface area contributed by atoms with Crippen LogP contribution in [-0.4, -0.2) is 19.1 Å². The molecule has 3 heteroatoms. The SMILES string of the molecule is CN(C)c1ccc(/C=C/c2cccnc2F)cc1. The first kappa shape index (κ1) is 12.3. The van der Waals surface area contributed by atoms with Gasteiger partial charge in [0.2, 0.25) is 5.95 Å². The molecule has 0 amide bonds. The fraction of sp³-hybridized carbons (Fsp3) is 0.133. The average molecular weight is 242 g/mol. The van der Waals surface area contributed by atoms with Crippen LogP contribution in [0, 0.1) is 5.95 Å².